The lowest BCUT2D eigenvalue weighted by molar-refractivity contribution is 0.00578. The van der Waals surface area contributed by atoms with Gasteiger partial charge in [0.15, 0.2) is 0 Å². The Kier molecular flexibility index (Phi) is 3.93. The van der Waals surface area contributed by atoms with E-state index in [-0.39, 0.29) is 0 Å². The van der Waals surface area contributed by atoms with E-state index in [0.717, 1.165) is 18.4 Å². The van der Waals surface area contributed by atoms with Gasteiger partial charge in [0, 0.05) is 11.8 Å². The molecule has 2 fully saturated rings. The Morgan fingerprint density at radius 2 is 1.86 bits per heavy atom. The summed E-state index contributed by atoms with van der Waals surface area (Å²) in [6.07, 6.45) is 9.87. The summed E-state index contributed by atoms with van der Waals surface area (Å²) < 4.78 is 27.8. The summed E-state index contributed by atoms with van der Waals surface area (Å²) in [5, 5.41) is 4.36. The largest absolute Gasteiger partial charge is 0.525 e. The van der Waals surface area contributed by atoms with Crippen LogP contribution in [-0.4, -0.2) is 28.1 Å². The molecule has 6 heteroatoms. The van der Waals surface area contributed by atoms with Crippen molar-refractivity contribution in [2.75, 3.05) is 0 Å². The number of halogens is 1. The van der Waals surface area contributed by atoms with E-state index in [4.69, 9.17) is 9.31 Å². The quantitative estimate of drug-likeness (QED) is 0.794. The zero-order chi connectivity index (χ0) is 16.0. The van der Waals surface area contributed by atoms with E-state index in [2.05, 4.69) is 5.10 Å². The Balaban J connectivity index is 1.72. The van der Waals surface area contributed by atoms with Crippen molar-refractivity contribution in [3.63, 3.8) is 0 Å². The van der Waals surface area contributed by atoms with Gasteiger partial charge in [-0.1, -0.05) is 12.8 Å². The standard InChI is InChI=1S/C16H24BFN2O2/c1-15(2)16(3,4)22-17(21-15)14(18)9-12-10-19-20(11-12)13-7-5-6-8-13/h9-11,13H,5-8H2,1-4H3. The first-order valence-electron chi connectivity index (χ1n) is 8.05. The van der Waals surface area contributed by atoms with Crippen LogP contribution in [0.3, 0.4) is 0 Å². The Bertz CT molecular complexity index is 560. The van der Waals surface area contributed by atoms with Gasteiger partial charge in [-0.05, 0) is 46.6 Å². The van der Waals surface area contributed by atoms with Gasteiger partial charge >= 0.3 is 7.12 Å². The van der Waals surface area contributed by atoms with Crippen LogP contribution in [-0.2, 0) is 9.31 Å². The van der Waals surface area contributed by atoms with Crippen LogP contribution in [0.1, 0.15) is 65.0 Å². The van der Waals surface area contributed by atoms with Crippen LogP contribution < -0.4 is 0 Å². The molecule has 4 nitrogen and oxygen atoms in total. The molecule has 1 aromatic heterocycles. The Morgan fingerprint density at radius 3 is 2.45 bits per heavy atom. The van der Waals surface area contributed by atoms with Crippen molar-refractivity contribution in [1.82, 2.24) is 9.78 Å². The number of nitrogens with zero attached hydrogens (tertiary/aromatic N) is 2. The minimum Gasteiger partial charge on any atom is -0.398 e. The fourth-order valence-electron chi connectivity index (χ4n) is 2.98. The monoisotopic (exact) mass is 306 g/mol. The van der Waals surface area contributed by atoms with E-state index in [1.807, 2.05) is 38.6 Å². The van der Waals surface area contributed by atoms with Gasteiger partial charge in [-0.3, -0.25) is 4.68 Å². The van der Waals surface area contributed by atoms with E-state index in [1.54, 1.807) is 6.20 Å². The van der Waals surface area contributed by atoms with Crippen molar-refractivity contribution in [3.05, 3.63) is 23.7 Å². The molecule has 0 N–H and O–H groups in total. The van der Waals surface area contributed by atoms with Gasteiger partial charge in [0.1, 0.15) is 5.73 Å². The highest BCUT2D eigenvalue weighted by Gasteiger charge is 2.53. The molecule has 1 saturated carbocycles. The van der Waals surface area contributed by atoms with Crippen LogP contribution in [0.2, 0.25) is 0 Å². The van der Waals surface area contributed by atoms with Crippen LogP contribution in [0, 0.1) is 0 Å². The number of hydrogen-bond donors (Lipinski definition) is 0. The molecule has 22 heavy (non-hydrogen) atoms. The van der Waals surface area contributed by atoms with Crippen LogP contribution >= 0.6 is 0 Å². The third-order valence-corrected chi connectivity index (χ3v) is 5.10. The van der Waals surface area contributed by atoms with Crippen LogP contribution in [0.5, 0.6) is 0 Å². The predicted molar refractivity (Wildman–Crippen MR) is 84.9 cm³/mol. The molecule has 0 spiro atoms. The summed E-state index contributed by atoms with van der Waals surface area (Å²) >= 11 is 0. The lowest BCUT2D eigenvalue weighted by Gasteiger charge is -2.32. The Hall–Kier alpha value is -1.14. The molecular weight excluding hydrogens is 282 g/mol. The first-order chi connectivity index (χ1) is 10.3. The highest BCUT2D eigenvalue weighted by Crippen LogP contribution is 2.39. The highest BCUT2D eigenvalue weighted by molar-refractivity contribution is 6.54. The molecule has 0 radical (unpaired) electrons. The summed E-state index contributed by atoms with van der Waals surface area (Å²) in [7, 11) is -0.945. The summed E-state index contributed by atoms with van der Waals surface area (Å²) in [5.74, 6) is 0. The van der Waals surface area contributed by atoms with Crippen LogP contribution in [0.15, 0.2) is 18.1 Å². The first kappa shape index (κ1) is 15.7. The summed E-state index contributed by atoms with van der Waals surface area (Å²) in [6.45, 7) is 7.66. The van der Waals surface area contributed by atoms with Crippen LogP contribution in [0.4, 0.5) is 4.39 Å². The lowest BCUT2D eigenvalue weighted by atomic mass is 9.87. The van der Waals surface area contributed by atoms with Gasteiger partial charge in [0.2, 0.25) is 0 Å². The molecule has 1 aliphatic carbocycles. The van der Waals surface area contributed by atoms with Gasteiger partial charge in [-0.15, -0.1) is 0 Å². The van der Waals surface area contributed by atoms with Crippen molar-refractivity contribution in [2.45, 2.75) is 70.6 Å². The minimum absolute atomic E-state index is 0.412. The average Bonchev–Trinajstić information content (AvgIpc) is 3.09. The lowest BCUT2D eigenvalue weighted by Crippen LogP contribution is -2.41. The van der Waals surface area contributed by atoms with Gasteiger partial charge in [0.25, 0.3) is 0 Å². The van der Waals surface area contributed by atoms with E-state index in [0.29, 0.717) is 6.04 Å². The molecular formula is C16H24BFN2O2. The van der Waals surface area contributed by atoms with Crippen molar-refractivity contribution < 1.29 is 13.7 Å². The third kappa shape index (κ3) is 2.86. The topological polar surface area (TPSA) is 36.3 Å². The first-order valence-corrected chi connectivity index (χ1v) is 8.05. The van der Waals surface area contributed by atoms with E-state index >= 15 is 0 Å². The molecule has 2 aliphatic rings. The normalized spacial score (nSPS) is 25.1. The second-order valence-corrected chi connectivity index (χ2v) is 7.31. The van der Waals surface area contributed by atoms with E-state index < -0.39 is 24.0 Å². The average molecular weight is 306 g/mol. The zero-order valence-electron chi connectivity index (χ0n) is 13.8. The number of aromatic nitrogens is 2. The maximum atomic E-state index is 14.4. The second-order valence-electron chi connectivity index (χ2n) is 7.31. The number of hydrogen-bond acceptors (Lipinski definition) is 3. The molecule has 1 aliphatic heterocycles. The smallest absolute Gasteiger partial charge is 0.398 e. The number of rotatable bonds is 3. The second kappa shape index (κ2) is 5.50. The highest BCUT2D eigenvalue weighted by atomic mass is 19.1. The zero-order valence-corrected chi connectivity index (χ0v) is 13.8. The van der Waals surface area contributed by atoms with Gasteiger partial charge in [-0.2, -0.15) is 5.10 Å². The molecule has 0 amide bonds. The molecule has 0 atom stereocenters. The molecule has 0 aromatic carbocycles. The fraction of sp³-hybridized carbons (Fsp3) is 0.688. The Labute approximate surface area is 131 Å². The SMILES string of the molecule is CC1(C)OB(C(F)=Cc2cnn(C3CCCC3)c2)OC1(C)C. The van der Waals surface area contributed by atoms with E-state index in [9.17, 15) is 4.39 Å². The molecule has 1 aromatic rings. The summed E-state index contributed by atoms with van der Waals surface area (Å²) in [5.41, 5.74) is -0.725. The maximum absolute atomic E-state index is 14.4. The molecule has 1 saturated heterocycles. The van der Waals surface area contributed by atoms with Crippen molar-refractivity contribution in [2.24, 2.45) is 0 Å². The minimum atomic E-state index is -0.945. The third-order valence-electron chi connectivity index (χ3n) is 5.10. The maximum Gasteiger partial charge on any atom is 0.525 e. The van der Waals surface area contributed by atoms with Gasteiger partial charge < -0.3 is 9.31 Å². The predicted octanol–water partition coefficient (Wildman–Crippen LogP) is 3.94. The fourth-order valence-corrected chi connectivity index (χ4v) is 2.98. The molecule has 120 valence electrons. The van der Waals surface area contributed by atoms with E-state index in [1.165, 1.54) is 18.9 Å². The van der Waals surface area contributed by atoms with Gasteiger partial charge in [0.05, 0.1) is 23.4 Å². The summed E-state index contributed by atoms with van der Waals surface area (Å²) in [4.78, 5) is 0. The van der Waals surface area contributed by atoms with Gasteiger partial charge in [-0.25, -0.2) is 4.39 Å². The van der Waals surface area contributed by atoms with Crippen LogP contribution in [0.25, 0.3) is 6.08 Å². The van der Waals surface area contributed by atoms with Crippen molar-refractivity contribution in [3.8, 4) is 0 Å². The van der Waals surface area contributed by atoms with Crippen molar-refractivity contribution in [1.29, 1.82) is 0 Å². The Morgan fingerprint density at radius 1 is 1.27 bits per heavy atom. The molecule has 0 bridgehead atoms. The van der Waals surface area contributed by atoms with Crippen molar-refractivity contribution >= 4 is 13.2 Å². The molecule has 3 rings (SSSR count). The molecule has 0 unspecified atom stereocenters. The summed E-state index contributed by atoms with van der Waals surface area (Å²) in [6, 6.07) is 0.460. The molecule has 2 heterocycles.